The van der Waals surface area contributed by atoms with E-state index in [0.717, 1.165) is 16.4 Å². The van der Waals surface area contributed by atoms with Crippen molar-refractivity contribution in [3.05, 3.63) is 64.4 Å². The van der Waals surface area contributed by atoms with Crippen molar-refractivity contribution < 1.29 is 21.6 Å². The van der Waals surface area contributed by atoms with Gasteiger partial charge in [-0.1, -0.05) is 17.7 Å². The Morgan fingerprint density at radius 1 is 1.05 bits per heavy atom. The zero-order valence-electron chi connectivity index (χ0n) is 11.4. The van der Waals surface area contributed by atoms with Crippen molar-refractivity contribution in [1.82, 2.24) is 4.31 Å². The first-order valence-corrected chi connectivity index (χ1v) is 7.89. The number of hydrogen-bond donors (Lipinski definition) is 0. The number of sulfonamides is 1. The smallest absolute Gasteiger partial charge is 0.207 e. The summed E-state index contributed by atoms with van der Waals surface area (Å²) < 4.78 is 65.2. The lowest BCUT2D eigenvalue weighted by Crippen LogP contribution is -2.27. The van der Waals surface area contributed by atoms with Crippen LogP contribution in [0.15, 0.2) is 41.3 Å². The standard InChI is InChI=1S/C14H11ClF3NO2S/c1-19(8-10-11(15)3-2-4-12(10)16)22(20,21)9-5-6-13(17)14(18)7-9/h2-7H,8H2,1H3. The molecule has 0 atom stereocenters. The summed E-state index contributed by atoms with van der Waals surface area (Å²) in [5.41, 5.74) is -0.00201. The molecule has 3 nitrogen and oxygen atoms in total. The van der Waals surface area contributed by atoms with E-state index in [2.05, 4.69) is 0 Å². The molecule has 0 amide bonds. The molecule has 0 aliphatic carbocycles. The molecule has 8 heteroatoms. The van der Waals surface area contributed by atoms with Crippen LogP contribution in [0.3, 0.4) is 0 Å². The van der Waals surface area contributed by atoms with Crippen molar-refractivity contribution in [1.29, 1.82) is 0 Å². The van der Waals surface area contributed by atoms with Crippen LogP contribution in [0.2, 0.25) is 5.02 Å². The highest BCUT2D eigenvalue weighted by molar-refractivity contribution is 7.89. The fraction of sp³-hybridized carbons (Fsp3) is 0.143. The largest absolute Gasteiger partial charge is 0.243 e. The molecule has 0 saturated carbocycles. The van der Waals surface area contributed by atoms with E-state index in [4.69, 9.17) is 11.6 Å². The molecule has 2 rings (SSSR count). The summed E-state index contributed by atoms with van der Waals surface area (Å²) in [5, 5.41) is 0.0762. The summed E-state index contributed by atoms with van der Waals surface area (Å²) in [6, 6.07) is 6.20. The van der Waals surface area contributed by atoms with E-state index in [1.165, 1.54) is 19.2 Å². The van der Waals surface area contributed by atoms with Crippen molar-refractivity contribution >= 4 is 21.6 Å². The molecule has 0 aliphatic rings. The first-order valence-electron chi connectivity index (χ1n) is 6.08. The van der Waals surface area contributed by atoms with Crippen LogP contribution < -0.4 is 0 Å². The monoisotopic (exact) mass is 349 g/mol. The maximum Gasteiger partial charge on any atom is 0.243 e. The molecule has 2 aromatic rings. The average molecular weight is 350 g/mol. The minimum Gasteiger partial charge on any atom is -0.207 e. The second-order valence-corrected chi connectivity index (χ2v) is 6.99. The summed E-state index contributed by atoms with van der Waals surface area (Å²) in [7, 11) is -2.91. The van der Waals surface area contributed by atoms with Crippen LogP contribution in [0.25, 0.3) is 0 Å². The van der Waals surface area contributed by atoms with Gasteiger partial charge in [0.25, 0.3) is 0 Å². The minimum absolute atomic E-state index is 0.00201. The molecule has 0 radical (unpaired) electrons. The second-order valence-electron chi connectivity index (χ2n) is 4.54. The highest BCUT2D eigenvalue weighted by Gasteiger charge is 2.24. The van der Waals surface area contributed by atoms with E-state index >= 15 is 0 Å². The summed E-state index contributed by atoms with van der Waals surface area (Å²) >= 11 is 5.84. The van der Waals surface area contributed by atoms with Crippen molar-refractivity contribution in [2.45, 2.75) is 11.4 Å². The third-order valence-electron chi connectivity index (χ3n) is 3.04. The molecule has 0 bridgehead atoms. The Bertz CT molecular complexity index is 791. The minimum atomic E-state index is -4.11. The van der Waals surface area contributed by atoms with Gasteiger partial charge in [0.15, 0.2) is 11.6 Å². The van der Waals surface area contributed by atoms with Crippen LogP contribution in [-0.2, 0) is 16.6 Å². The highest BCUT2D eigenvalue weighted by Crippen LogP contribution is 2.24. The summed E-state index contributed by atoms with van der Waals surface area (Å²) in [5.74, 6) is -3.09. The zero-order valence-corrected chi connectivity index (χ0v) is 12.9. The third-order valence-corrected chi connectivity index (χ3v) is 5.20. The molecular formula is C14H11ClF3NO2S. The van der Waals surface area contributed by atoms with Crippen molar-refractivity contribution in [3.63, 3.8) is 0 Å². The number of nitrogens with zero attached hydrogens (tertiary/aromatic N) is 1. The fourth-order valence-electron chi connectivity index (χ4n) is 1.81. The van der Waals surface area contributed by atoms with Crippen molar-refractivity contribution in [3.8, 4) is 0 Å². The molecule has 0 unspecified atom stereocenters. The summed E-state index contributed by atoms with van der Waals surface area (Å²) in [6.45, 7) is -0.340. The van der Waals surface area contributed by atoms with E-state index in [-0.39, 0.29) is 17.1 Å². The molecule has 0 heterocycles. The van der Waals surface area contributed by atoms with Gasteiger partial charge in [-0.15, -0.1) is 0 Å². The van der Waals surface area contributed by atoms with E-state index < -0.39 is 32.4 Å². The van der Waals surface area contributed by atoms with Gasteiger partial charge in [0.05, 0.1) is 4.90 Å². The van der Waals surface area contributed by atoms with Crippen LogP contribution in [0.5, 0.6) is 0 Å². The van der Waals surface area contributed by atoms with Gasteiger partial charge in [0, 0.05) is 24.2 Å². The van der Waals surface area contributed by atoms with Gasteiger partial charge in [-0.2, -0.15) is 4.31 Å². The molecule has 0 spiro atoms. The molecule has 118 valence electrons. The average Bonchev–Trinajstić information content (AvgIpc) is 2.45. The number of rotatable bonds is 4. The molecule has 0 saturated heterocycles. The molecule has 22 heavy (non-hydrogen) atoms. The third kappa shape index (κ3) is 3.26. The van der Waals surface area contributed by atoms with E-state index in [1.54, 1.807) is 0 Å². The maximum absolute atomic E-state index is 13.7. The van der Waals surface area contributed by atoms with Gasteiger partial charge in [-0.05, 0) is 30.3 Å². The van der Waals surface area contributed by atoms with Gasteiger partial charge in [-0.3, -0.25) is 0 Å². The normalized spacial score (nSPS) is 11.9. The Balaban J connectivity index is 2.35. The van der Waals surface area contributed by atoms with Gasteiger partial charge >= 0.3 is 0 Å². The van der Waals surface area contributed by atoms with E-state index in [1.807, 2.05) is 0 Å². The predicted octanol–water partition coefficient (Wildman–Crippen LogP) is 3.58. The summed E-state index contributed by atoms with van der Waals surface area (Å²) in [4.78, 5) is -0.429. The predicted molar refractivity (Wildman–Crippen MR) is 76.4 cm³/mol. The number of benzene rings is 2. The lowest BCUT2D eigenvalue weighted by atomic mass is 10.2. The summed E-state index contributed by atoms with van der Waals surface area (Å²) in [6.07, 6.45) is 0. The molecule has 2 aromatic carbocycles. The van der Waals surface area contributed by atoms with Gasteiger partial charge in [0.2, 0.25) is 10.0 Å². The first kappa shape index (κ1) is 16.8. The highest BCUT2D eigenvalue weighted by atomic mass is 35.5. The number of hydrogen-bond acceptors (Lipinski definition) is 2. The van der Waals surface area contributed by atoms with Crippen LogP contribution in [0, 0.1) is 17.5 Å². The first-order chi connectivity index (χ1) is 10.2. The molecule has 0 aliphatic heterocycles. The van der Waals surface area contributed by atoms with Gasteiger partial charge in [-0.25, -0.2) is 21.6 Å². The maximum atomic E-state index is 13.7. The quantitative estimate of drug-likeness (QED) is 0.846. The Hall–Kier alpha value is -1.57. The molecular weight excluding hydrogens is 339 g/mol. The zero-order chi connectivity index (χ0) is 16.5. The SMILES string of the molecule is CN(Cc1c(F)cccc1Cl)S(=O)(=O)c1ccc(F)c(F)c1. The Morgan fingerprint density at radius 2 is 1.73 bits per heavy atom. The van der Waals surface area contributed by atoms with Gasteiger partial charge < -0.3 is 0 Å². The Labute approximate surface area is 131 Å². The van der Waals surface area contributed by atoms with Crippen LogP contribution in [0.4, 0.5) is 13.2 Å². The lowest BCUT2D eigenvalue weighted by Gasteiger charge is -2.18. The van der Waals surface area contributed by atoms with E-state index in [0.29, 0.717) is 12.1 Å². The molecule has 0 N–H and O–H groups in total. The Morgan fingerprint density at radius 3 is 2.32 bits per heavy atom. The fourth-order valence-corrected chi connectivity index (χ4v) is 3.18. The molecule has 0 aromatic heterocycles. The Kier molecular flexibility index (Phi) is 4.79. The lowest BCUT2D eigenvalue weighted by molar-refractivity contribution is 0.454. The van der Waals surface area contributed by atoms with Gasteiger partial charge in [0.1, 0.15) is 5.82 Å². The van der Waals surface area contributed by atoms with Crippen LogP contribution >= 0.6 is 11.6 Å². The van der Waals surface area contributed by atoms with Crippen LogP contribution in [-0.4, -0.2) is 19.8 Å². The van der Waals surface area contributed by atoms with Crippen LogP contribution in [0.1, 0.15) is 5.56 Å². The molecule has 0 fully saturated rings. The second kappa shape index (κ2) is 6.28. The van der Waals surface area contributed by atoms with E-state index in [9.17, 15) is 21.6 Å². The van der Waals surface area contributed by atoms with Crippen molar-refractivity contribution in [2.24, 2.45) is 0 Å². The topological polar surface area (TPSA) is 37.4 Å². The number of halogens is 4. The van der Waals surface area contributed by atoms with Crippen molar-refractivity contribution in [2.75, 3.05) is 7.05 Å².